The van der Waals surface area contributed by atoms with Gasteiger partial charge in [0.25, 0.3) is 0 Å². The molecule has 1 fully saturated rings. The topological polar surface area (TPSA) is 56.7 Å². The number of aromatic nitrogens is 1. The maximum atomic E-state index is 11.3. The van der Waals surface area contributed by atoms with E-state index in [9.17, 15) is 9.90 Å². The average molecular weight is 241 g/mol. The van der Waals surface area contributed by atoms with Gasteiger partial charge >= 0.3 is 5.97 Å². The van der Waals surface area contributed by atoms with Crippen LogP contribution in [0, 0.1) is 0 Å². The first-order valence-electron chi connectivity index (χ1n) is 5.22. The number of carbonyl (C=O) groups is 1. The smallest absolute Gasteiger partial charge is 0.326 e. The zero-order chi connectivity index (χ0) is 11.5. The van der Waals surface area contributed by atoms with E-state index in [4.69, 9.17) is 0 Å². The molecule has 0 aromatic carbocycles. The molecule has 0 radical (unpaired) electrons. The van der Waals surface area contributed by atoms with Crippen molar-refractivity contribution in [2.45, 2.75) is 6.04 Å². The van der Waals surface area contributed by atoms with E-state index >= 15 is 0 Å². The van der Waals surface area contributed by atoms with E-state index in [0.29, 0.717) is 0 Å². The van der Waals surface area contributed by atoms with Crippen LogP contribution in [0.25, 0.3) is 0 Å². The molecule has 1 saturated heterocycles. The number of carboxylic acid groups (broad SMARTS) is 1. The van der Waals surface area contributed by atoms with Crippen LogP contribution in [0.1, 0.15) is 10.9 Å². The Hall–Kier alpha value is -0.980. The molecule has 1 N–H and O–H groups in total. The number of thiazole rings is 1. The van der Waals surface area contributed by atoms with E-state index in [1.54, 1.807) is 11.7 Å². The predicted molar refractivity (Wildman–Crippen MR) is 61.6 cm³/mol. The molecule has 16 heavy (non-hydrogen) atoms. The molecule has 1 aromatic rings. The van der Waals surface area contributed by atoms with Crippen molar-refractivity contribution in [1.82, 2.24) is 14.8 Å². The molecule has 1 aromatic heterocycles. The van der Waals surface area contributed by atoms with Crippen molar-refractivity contribution < 1.29 is 9.90 Å². The van der Waals surface area contributed by atoms with Gasteiger partial charge in [-0.2, -0.15) is 0 Å². The SMILES string of the molecule is CN1CCN(C(C(=O)O)c2cncs2)CC1. The number of carboxylic acids is 1. The molecule has 0 bridgehead atoms. The van der Waals surface area contributed by atoms with Gasteiger partial charge in [0.2, 0.25) is 0 Å². The number of hydrogen-bond donors (Lipinski definition) is 1. The summed E-state index contributed by atoms with van der Waals surface area (Å²) < 4.78 is 0. The Kier molecular flexibility index (Phi) is 3.52. The first-order valence-corrected chi connectivity index (χ1v) is 6.10. The molecule has 2 heterocycles. The van der Waals surface area contributed by atoms with Gasteiger partial charge in [-0.05, 0) is 7.05 Å². The minimum absolute atomic E-state index is 0.527. The monoisotopic (exact) mass is 241 g/mol. The fourth-order valence-corrected chi connectivity index (χ4v) is 2.64. The van der Waals surface area contributed by atoms with Crippen molar-refractivity contribution >= 4 is 17.3 Å². The highest BCUT2D eigenvalue weighted by molar-refractivity contribution is 7.09. The van der Waals surface area contributed by atoms with Gasteiger partial charge in [-0.3, -0.25) is 14.7 Å². The Morgan fingerprint density at radius 2 is 2.19 bits per heavy atom. The molecule has 5 nitrogen and oxygen atoms in total. The minimum Gasteiger partial charge on any atom is -0.480 e. The van der Waals surface area contributed by atoms with Gasteiger partial charge in [-0.1, -0.05) is 0 Å². The summed E-state index contributed by atoms with van der Waals surface area (Å²) in [5, 5.41) is 9.29. The van der Waals surface area contributed by atoms with Gasteiger partial charge in [0, 0.05) is 32.4 Å². The summed E-state index contributed by atoms with van der Waals surface area (Å²) in [7, 11) is 2.06. The van der Waals surface area contributed by atoms with Gasteiger partial charge in [0.1, 0.15) is 6.04 Å². The first-order chi connectivity index (χ1) is 7.68. The summed E-state index contributed by atoms with van der Waals surface area (Å²) in [6.07, 6.45) is 1.65. The van der Waals surface area contributed by atoms with Crippen LogP contribution < -0.4 is 0 Å². The highest BCUT2D eigenvalue weighted by Gasteiger charge is 2.30. The summed E-state index contributed by atoms with van der Waals surface area (Å²) >= 11 is 1.41. The maximum absolute atomic E-state index is 11.3. The number of rotatable bonds is 3. The van der Waals surface area contributed by atoms with E-state index in [1.807, 2.05) is 4.90 Å². The fraction of sp³-hybridized carbons (Fsp3) is 0.600. The zero-order valence-corrected chi connectivity index (χ0v) is 9.98. The summed E-state index contributed by atoms with van der Waals surface area (Å²) in [6, 6.07) is -0.527. The van der Waals surface area contributed by atoms with Crippen molar-refractivity contribution in [3.63, 3.8) is 0 Å². The lowest BCUT2D eigenvalue weighted by molar-refractivity contribution is -0.144. The highest BCUT2D eigenvalue weighted by Crippen LogP contribution is 2.25. The summed E-state index contributed by atoms with van der Waals surface area (Å²) in [4.78, 5) is 20.3. The van der Waals surface area contributed by atoms with E-state index in [2.05, 4.69) is 16.9 Å². The van der Waals surface area contributed by atoms with Gasteiger partial charge in [0.15, 0.2) is 0 Å². The van der Waals surface area contributed by atoms with E-state index in [-0.39, 0.29) is 0 Å². The lowest BCUT2D eigenvalue weighted by atomic mass is 10.2. The third-order valence-corrected chi connectivity index (χ3v) is 3.69. The van der Waals surface area contributed by atoms with E-state index < -0.39 is 12.0 Å². The van der Waals surface area contributed by atoms with E-state index in [0.717, 1.165) is 31.1 Å². The molecule has 1 aliphatic heterocycles. The van der Waals surface area contributed by atoms with Crippen molar-refractivity contribution in [1.29, 1.82) is 0 Å². The molecule has 2 rings (SSSR count). The third kappa shape index (κ3) is 2.40. The fourth-order valence-electron chi connectivity index (χ4n) is 1.90. The Morgan fingerprint density at radius 1 is 1.50 bits per heavy atom. The Labute approximate surface area is 98.3 Å². The van der Waals surface area contributed by atoms with Crippen molar-refractivity contribution in [2.75, 3.05) is 33.2 Å². The molecule has 0 aliphatic carbocycles. The number of hydrogen-bond acceptors (Lipinski definition) is 5. The number of piperazine rings is 1. The molecule has 1 aliphatic rings. The normalized spacial score (nSPS) is 20.8. The Morgan fingerprint density at radius 3 is 2.69 bits per heavy atom. The van der Waals surface area contributed by atoms with Crippen LogP contribution in [0.4, 0.5) is 0 Å². The average Bonchev–Trinajstić information content (AvgIpc) is 2.74. The third-order valence-electron chi connectivity index (χ3n) is 2.86. The van der Waals surface area contributed by atoms with Gasteiger partial charge < -0.3 is 10.0 Å². The molecular weight excluding hydrogens is 226 g/mol. The van der Waals surface area contributed by atoms with Crippen LogP contribution in [0.15, 0.2) is 11.7 Å². The van der Waals surface area contributed by atoms with Crippen LogP contribution >= 0.6 is 11.3 Å². The predicted octanol–water partition coefficient (Wildman–Crippen LogP) is 0.516. The lowest BCUT2D eigenvalue weighted by Crippen LogP contribution is -2.47. The summed E-state index contributed by atoms with van der Waals surface area (Å²) in [5.74, 6) is -0.784. The Bertz CT molecular complexity index is 347. The molecule has 88 valence electrons. The van der Waals surface area contributed by atoms with Crippen LogP contribution in [-0.2, 0) is 4.79 Å². The summed E-state index contributed by atoms with van der Waals surface area (Å²) in [6.45, 7) is 3.43. The van der Waals surface area contributed by atoms with Crippen LogP contribution in [0.2, 0.25) is 0 Å². The van der Waals surface area contributed by atoms with Crippen molar-refractivity contribution in [3.05, 3.63) is 16.6 Å². The number of nitrogens with zero attached hydrogens (tertiary/aromatic N) is 3. The van der Waals surface area contributed by atoms with Crippen LogP contribution in [-0.4, -0.2) is 59.1 Å². The lowest BCUT2D eigenvalue weighted by Gasteiger charge is -2.35. The van der Waals surface area contributed by atoms with E-state index in [1.165, 1.54) is 11.3 Å². The first kappa shape index (κ1) is 11.5. The van der Waals surface area contributed by atoms with Crippen molar-refractivity contribution in [3.8, 4) is 0 Å². The van der Waals surface area contributed by atoms with Gasteiger partial charge in [-0.25, -0.2) is 0 Å². The van der Waals surface area contributed by atoms with Gasteiger partial charge in [0.05, 0.1) is 10.4 Å². The molecule has 1 atom stereocenters. The molecule has 0 amide bonds. The second kappa shape index (κ2) is 4.90. The maximum Gasteiger partial charge on any atom is 0.326 e. The molecular formula is C10H15N3O2S. The highest BCUT2D eigenvalue weighted by atomic mass is 32.1. The standard InChI is InChI=1S/C10H15N3O2S/c1-12-2-4-13(5-3-12)9(10(14)15)8-6-11-7-16-8/h6-7,9H,2-5H2,1H3,(H,14,15). The molecule has 1 unspecified atom stereocenters. The molecule has 6 heteroatoms. The molecule has 0 saturated carbocycles. The van der Waals surface area contributed by atoms with Crippen molar-refractivity contribution in [2.24, 2.45) is 0 Å². The molecule has 0 spiro atoms. The second-order valence-corrected chi connectivity index (χ2v) is 4.90. The Balaban J connectivity index is 2.11. The number of aliphatic carboxylic acids is 1. The van der Waals surface area contributed by atoms with Gasteiger partial charge in [-0.15, -0.1) is 11.3 Å². The quantitative estimate of drug-likeness (QED) is 0.836. The number of likely N-dealkylation sites (N-methyl/N-ethyl adjacent to an activating group) is 1. The summed E-state index contributed by atoms with van der Waals surface area (Å²) in [5.41, 5.74) is 1.68. The largest absolute Gasteiger partial charge is 0.480 e. The second-order valence-electron chi connectivity index (χ2n) is 3.98. The zero-order valence-electron chi connectivity index (χ0n) is 9.17. The minimum atomic E-state index is -0.784. The van der Waals surface area contributed by atoms with Crippen LogP contribution in [0.5, 0.6) is 0 Å². The van der Waals surface area contributed by atoms with Crippen LogP contribution in [0.3, 0.4) is 0 Å².